The standard InChI is InChI=1S/C37H29N2OP3/c1-23-8-3-4-13-30(23)35-27(12-7-14-31(35)25-10-5-9-24(16-25)20-38)17-26-11-6-15-32-33(26)21-39(37(32)40)36-28(22-41)18-29(43-2)19-34(36)42/h3-16,18-19,22,41H,2,17,21,42H2,1H3. The smallest absolute Gasteiger partial charge is 0.258 e. The maximum atomic E-state index is 13.9. The van der Waals surface area contributed by atoms with Gasteiger partial charge in [0.05, 0.1) is 23.9 Å². The van der Waals surface area contributed by atoms with Crippen LogP contribution in [0.2, 0.25) is 0 Å². The fourth-order valence-electron chi connectivity index (χ4n) is 6.04. The molecule has 0 radical (unpaired) electrons. The van der Waals surface area contributed by atoms with Gasteiger partial charge in [-0.15, -0.1) is 18.1 Å². The number of hydrogen-bond donors (Lipinski definition) is 0. The van der Waals surface area contributed by atoms with Gasteiger partial charge < -0.3 is 4.90 Å². The van der Waals surface area contributed by atoms with Crippen molar-refractivity contribution in [2.45, 2.75) is 19.9 Å². The summed E-state index contributed by atoms with van der Waals surface area (Å²) in [6.07, 6.45) is 4.68. The first-order valence-corrected chi connectivity index (χ1v) is 16.2. The average Bonchev–Trinajstić information content (AvgIpc) is 3.37. The Hall–Kier alpha value is -4.17. The summed E-state index contributed by atoms with van der Waals surface area (Å²) < 4.78 is 0. The zero-order chi connectivity index (χ0) is 30.1. The highest BCUT2D eigenvalue weighted by Crippen LogP contribution is 2.39. The Morgan fingerprint density at radius 3 is 2.42 bits per heavy atom. The van der Waals surface area contributed by atoms with Gasteiger partial charge in [-0.2, -0.15) is 5.26 Å². The van der Waals surface area contributed by atoms with Crippen molar-refractivity contribution in [2.24, 2.45) is 0 Å². The predicted octanol–water partition coefficient (Wildman–Crippen LogP) is 7.75. The predicted molar refractivity (Wildman–Crippen MR) is 189 cm³/mol. The first-order chi connectivity index (χ1) is 20.9. The molecule has 0 saturated heterocycles. The molecule has 3 nitrogen and oxygen atoms in total. The number of carbonyl (C=O) groups is 1. The van der Waals surface area contributed by atoms with E-state index in [1.165, 1.54) is 11.1 Å². The van der Waals surface area contributed by atoms with Gasteiger partial charge in [0.25, 0.3) is 5.91 Å². The molecule has 1 amide bonds. The Labute approximate surface area is 259 Å². The molecule has 0 N–H and O–H groups in total. The molecule has 6 heteroatoms. The van der Waals surface area contributed by atoms with Crippen LogP contribution in [0, 0.1) is 18.3 Å². The number of amides is 1. The van der Waals surface area contributed by atoms with E-state index in [0.717, 1.165) is 69.0 Å². The van der Waals surface area contributed by atoms with Gasteiger partial charge >= 0.3 is 0 Å². The Bertz CT molecular complexity index is 1990. The monoisotopic (exact) mass is 610 g/mol. The Morgan fingerprint density at radius 2 is 1.67 bits per heavy atom. The summed E-state index contributed by atoms with van der Waals surface area (Å²) in [5.74, 6) is 1.88. The van der Waals surface area contributed by atoms with Crippen LogP contribution in [0.25, 0.3) is 22.3 Å². The molecule has 0 aromatic heterocycles. The van der Waals surface area contributed by atoms with Crippen LogP contribution in [-0.2, 0) is 13.0 Å². The van der Waals surface area contributed by atoms with Crippen molar-refractivity contribution in [1.82, 2.24) is 0 Å². The summed E-state index contributed by atoms with van der Waals surface area (Å²) >= 11 is 0. The minimum absolute atomic E-state index is 0.0106. The summed E-state index contributed by atoms with van der Waals surface area (Å²) in [6, 6.07) is 35.1. The van der Waals surface area contributed by atoms with Crippen molar-refractivity contribution in [3.63, 3.8) is 0 Å². The minimum Gasteiger partial charge on any atom is -0.303 e. The second-order valence-electron chi connectivity index (χ2n) is 10.6. The number of benzene rings is 5. The third kappa shape index (κ3) is 5.40. The molecule has 1 aliphatic heterocycles. The molecule has 5 aromatic carbocycles. The second-order valence-corrected chi connectivity index (χ2v) is 12.4. The lowest BCUT2D eigenvalue weighted by molar-refractivity contribution is 0.0996. The van der Waals surface area contributed by atoms with Gasteiger partial charge in [0.1, 0.15) is 0 Å². The Morgan fingerprint density at radius 1 is 0.953 bits per heavy atom. The van der Waals surface area contributed by atoms with Gasteiger partial charge in [-0.1, -0.05) is 81.2 Å². The molecule has 43 heavy (non-hydrogen) atoms. The molecule has 0 bridgehead atoms. The molecule has 0 saturated carbocycles. The van der Waals surface area contributed by atoms with E-state index in [0.29, 0.717) is 18.5 Å². The molecular formula is C37H29N2OP3. The lowest BCUT2D eigenvalue weighted by Gasteiger charge is -2.22. The second kappa shape index (κ2) is 12.2. The number of anilines is 1. The fourth-order valence-corrected chi connectivity index (χ4v) is 7.36. The van der Waals surface area contributed by atoms with Crippen molar-refractivity contribution >= 4 is 60.6 Å². The van der Waals surface area contributed by atoms with Crippen LogP contribution in [0.5, 0.6) is 0 Å². The van der Waals surface area contributed by atoms with Crippen molar-refractivity contribution in [1.29, 1.82) is 5.26 Å². The summed E-state index contributed by atoms with van der Waals surface area (Å²) in [6.45, 7) is 2.64. The minimum atomic E-state index is 0.0106. The van der Waals surface area contributed by atoms with E-state index < -0.39 is 0 Å². The maximum Gasteiger partial charge on any atom is 0.258 e. The molecule has 5 aromatic rings. The van der Waals surface area contributed by atoms with Crippen LogP contribution >= 0.6 is 26.3 Å². The number of rotatable bonds is 7. The first kappa shape index (κ1) is 28.9. The first-order valence-electron chi connectivity index (χ1n) is 13.9. The fraction of sp³-hybridized carbons (Fsp3) is 0.0811. The number of fused-ring (bicyclic) bond motifs is 1. The summed E-state index contributed by atoms with van der Waals surface area (Å²) in [7, 11) is 7.31. The molecule has 1 atom stereocenters. The van der Waals surface area contributed by atoms with Gasteiger partial charge in [-0.05, 0) is 99.3 Å². The van der Waals surface area contributed by atoms with E-state index in [1.54, 1.807) is 0 Å². The highest BCUT2D eigenvalue weighted by Gasteiger charge is 2.32. The third-order valence-electron chi connectivity index (χ3n) is 8.08. The van der Waals surface area contributed by atoms with E-state index in [9.17, 15) is 10.1 Å². The highest BCUT2D eigenvalue weighted by atomic mass is 31.1. The third-order valence-corrected chi connectivity index (χ3v) is 9.45. The molecule has 6 rings (SSSR count). The number of nitriles is 1. The van der Waals surface area contributed by atoms with Crippen molar-refractivity contribution in [2.75, 3.05) is 4.90 Å². The van der Waals surface area contributed by atoms with Crippen molar-refractivity contribution < 1.29 is 4.79 Å². The molecule has 0 fully saturated rings. The van der Waals surface area contributed by atoms with E-state index in [-0.39, 0.29) is 5.91 Å². The maximum absolute atomic E-state index is 13.9. The molecule has 208 valence electrons. The summed E-state index contributed by atoms with van der Waals surface area (Å²) in [4.78, 5) is 15.7. The van der Waals surface area contributed by atoms with E-state index >= 15 is 0 Å². The van der Waals surface area contributed by atoms with Crippen molar-refractivity contribution in [3.8, 4) is 28.3 Å². The average molecular weight is 611 g/mol. The van der Waals surface area contributed by atoms with Crippen LogP contribution < -0.4 is 15.5 Å². The highest BCUT2D eigenvalue weighted by molar-refractivity contribution is 7.45. The Kier molecular flexibility index (Phi) is 8.21. The van der Waals surface area contributed by atoms with E-state index in [1.807, 2.05) is 41.0 Å². The summed E-state index contributed by atoms with van der Waals surface area (Å²) in [5.41, 5.74) is 12.2. The van der Waals surface area contributed by atoms with Crippen molar-refractivity contribution in [3.05, 3.63) is 136 Å². The van der Waals surface area contributed by atoms with Gasteiger partial charge in [-0.25, -0.2) is 0 Å². The molecule has 0 spiro atoms. The van der Waals surface area contributed by atoms with Gasteiger partial charge in [-0.3, -0.25) is 4.79 Å². The zero-order valence-corrected chi connectivity index (χ0v) is 26.8. The largest absolute Gasteiger partial charge is 0.303 e. The van der Waals surface area contributed by atoms with Gasteiger partial charge in [0.15, 0.2) is 0 Å². The number of aryl methyl sites for hydroxylation is 1. The molecule has 1 heterocycles. The molecule has 1 aliphatic rings. The quantitative estimate of drug-likeness (QED) is 0.177. The van der Waals surface area contributed by atoms with Crippen LogP contribution in [0.15, 0.2) is 97.1 Å². The lowest BCUT2D eigenvalue weighted by Crippen LogP contribution is -2.29. The number of hydrogen-bond acceptors (Lipinski definition) is 2. The van der Waals surface area contributed by atoms with Crippen LogP contribution in [0.3, 0.4) is 0 Å². The lowest BCUT2D eigenvalue weighted by atomic mass is 9.85. The van der Waals surface area contributed by atoms with Gasteiger partial charge in [0, 0.05) is 16.4 Å². The summed E-state index contributed by atoms with van der Waals surface area (Å²) in [5, 5.41) is 11.6. The van der Waals surface area contributed by atoms with E-state index in [4.69, 9.17) is 0 Å². The number of carbonyl (C=O) groups excluding carboxylic acids is 1. The number of nitrogens with zero attached hydrogens (tertiary/aromatic N) is 2. The Balaban J connectivity index is 1.47. The molecule has 0 aliphatic carbocycles. The topological polar surface area (TPSA) is 44.1 Å². The van der Waals surface area contributed by atoms with Crippen LogP contribution in [0.1, 0.15) is 43.7 Å². The van der Waals surface area contributed by atoms with Crippen LogP contribution in [0.4, 0.5) is 5.69 Å². The van der Waals surface area contributed by atoms with Crippen LogP contribution in [-0.4, -0.2) is 18.0 Å². The molecular weight excluding hydrogens is 581 g/mol. The normalized spacial score (nSPS) is 12.3. The van der Waals surface area contributed by atoms with E-state index in [2.05, 4.69) is 104 Å². The molecule has 1 unspecified atom stereocenters. The SMILES string of the molecule is C=Pc1cc(P)c(N2Cc3c(Cc4cccc(-c5cccc(C#N)c5)c4-c4ccccc4C)cccc3C2=O)c(C=P)c1. The zero-order valence-electron chi connectivity index (χ0n) is 23.8. The van der Waals surface area contributed by atoms with Gasteiger partial charge in [0.2, 0.25) is 0 Å².